The Morgan fingerprint density at radius 1 is 0.538 bits per heavy atom. The molecule has 0 fully saturated rings. The maximum atomic E-state index is 2.52. The van der Waals surface area contributed by atoms with Crippen LogP contribution in [0.15, 0.2) is 175 Å². The summed E-state index contributed by atoms with van der Waals surface area (Å²) in [5.74, 6) is 1.12. The molecule has 3 atom stereocenters. The van der Waals surface area contributed by atoms with Gasteiger partial charge in [-0.1, -0.05) is 153 Å². The van der Waals surface area contributed by atoms with Gasteiger partial charge in [0.25, 0.3) is 0 Å². The van der Waals surface area contributed by atoms with E-state index in [1.165, 1.54) is 88.5 Å². The van der Waals surface area contributed by atoms with Crippen molar-refractivity contribution in [3.05, 3.63) is 181 Å². The summed E-state index contributed by atoms with van der Waals surface area (Å²) in [5, 5.41) is 5.73. The lowest BCUT2D eigenvalue weighted by atomic mass is 9.81. The highest BCUT2D eigenvalue weighted by Gasteiger charge is 2.35. The summed E-state index contributed by atoms with van der Waals surface area (Å²) >= 11 is 2.05. The van der Waals surface area contributed by atoms with Gasteiger partial charge in [-0.05, 0) is 132 Å². The Labute approximate surface area is 311 Å². The first-order valence-corrected chi connectivity index (χ1v) is 19.7. The fourth-order valence-electron chi connectivity index (χ4n) is 9.05. The third-order valence-corrected chi connectivity index (χ3v) is 12.8. The van der Waals surface area contributed by atoms with Crippen LogP contribution in [0.4, 0.5) is 0 Å². The van der Waals surface area contributed by atoms with Crippen LogP contribution >= 0.6 is 11.8 Å². The van der Waals surface area contributed by atoms with Gasteiger partial charge < -0.3 is 0 Å². The summed E-state index contributed by atoms with van der Waals surface area (Å²) in [5.41, 5.74) is 14.6. The molecule has 52 heavy (non-hydrogen) atoms. The van der Waals surface area contributed by atoms with Crippen LogP contribution in [0.1, 0.15) is 43.2 Å². The smallest absolute Gasteiger partial charge is 0.0344 e. The van der Waals surface area contributed by atoms with Crippen LogP contribution in [0.3, 0.4) is 0 Å². The minimum absolute atomic E-state index is 0.544. The third-order valence-electron chi connectivity index (χ3n) is 11.5. The summed E-state index contributed by atoms with van der Waals surface area (Å²) in [4.78, 5) is 1.45. The molecule has 0 saturated heterocycles. The average molecular weight is 685 g/mol. The topological polar surface area (TPSA) is 0 Å². The van der Waals surface area contributed by atoms with Gasteiger partial charge in [0.1, 0.15) is 0 Å². The van der Waals surface area contributed by atoms with Crippen molar-refractivity contribution in [2.45, 2.75) is 42.2 Å². The van der Waals surface area contributed by atoms with E-state index in [4.69, 9.17) is 0 Å². The van der Waals surface area contributed by atoms with Crippen LogP contribution in [0.25, 0.3) is 71.6 Å². The zero-order valence-electron chi connectivity index (χ0n) is 29.4. The number of hydrogen-bond donors (Lipinski definition) is 0. The standard InChI is InChI=1S/C51H40S/c1-33-13-9-16-35(29-33)37-18-11-20-40(31-37)50-43-22-6-5-21-42(43)49(39-19-10-17-36(30-39)34-14-3-2-4-15-34)44-28-27-38(32-46(44)50)41-24-12-26-48-51(41)45-23-7-8-25-47(45)52-48/h2-6,8-22,24-28,30-33,45,47H,7,23,29H2,1H3. The van der Waals surface area contributed by atoms with Gasteiger partial charge in [0, 0.05) is 16.1 Å². The molecule has 3 aliphatic rings. The SMILES string of the molecule is CC1C=CC=C(c2cccc(-c3c4ccccc4c(-c4cccc(-c5ccccc5)c4)c4ccc(-c5cccc6c5C5CCC=CC5S6)cc34)c2)C1. The van der Waals surface area contributed by atoms with Crippen molar-refractivity contribution in [3.63, 3.8) is 0 Å². The lowest BCUT2D eigenvalue weighted by Gasteiger charge is -2.23. The van der Waals surface area contributed by atoms with Crippen molar-refractivity contribution in [1.29, 1.82) is 0 Å². The first kappa shape index (κ1) is 31.4. The van der Waals surface area contributed by atoms with Gasteiger partial charge in [0.2, 0.25) is 0 Å². The van der Waals surface area contributed by atoms with Crippen LogP contribution in [-0.2, 0) is 0 Å². The van der Waals surface area contributed by atoms with Crippen molar-refractivity contribution in [2.75, 3.05) is 0 Å². The zero-order valence-corrected chi connectivity index (χ0v) is 30.2. The fourth-order valence-corrected chi connectivity index (χ4v) is 10.5. The molecule has 0 spiro atoms. The summed E-state index contributed by atoms with van der Waals surface area (Å²) in [6, 6.07) is 52.6. The largest absolute Gasteiger partial charge is 0.118 e. The Morgan fingerprint density at radius 2 is 1.21 bits per heavy atom. The molecule has 0 aromatic heterocycles. The van der Waals surface area contributed by atoms with E-state index in [1.54, 1.807) is 5.56 Å². The molecular weight excluding hydrogens is 645 g/mol. The Bertz CT molecular complexity index is 2600. The minimum Gasteiger partial charge on any atom is -0.118 e. The van der Waals surface area contributed by atoms with Gasteiger partial charge >= 0.3 is 0 Å². The molecule has 7 aromatic rings. The van der Waals surface area contributed by atoms with Gasteiger partial charge in [-0.25, -0.2) is 0 Å². The highest BCUT2D eigenvalue weighted by molar-refractivity contribution is 8.00. The van der Waals surface area contributed by atoms with Crippen molar-refractivity contribution in [2.24, 2.45) is 5.92 Å². The van der Waals surface area contributed by atoms with Gasteiger partial charge in [0.05, 0.1) is 0 Å². The van der Waals surface area contributed by atoms with Crippen LogP contribution < -0.4 is 0 Å². The molecule has 10 rings (SSSR count). The molecule has 7 aromatic carbocycles. The summed E-state index contributed by atoms with van der Waals surface area (Å²) in [6.45, 7) is 2.31. The van der Waals surface area contributed by atoms with E-state index in [9.17, 15) is 0 Å². The maximum Gasteiger partial charge on any atom is 0.0344 e. The molecule has 0 bridgehead atoms. The maximum absolute atomic E-state index is 2.52. The molecule has 1 heteroatoms. The van der Waals surface area contributed by atoms with E-state index in [0.29, 0.717) is 17.1 Å². The number of allylic oxidation sites excluding steroid dienone is 5. The lowest BCUT2D eigenvalue weighted by Crippen LogP contribution is -2.11. The number of benzene rings is 7. The molecule has 1 aliphatic heterocycles. The zero-order chi connectivity index (χ0) is 34.6. The summed E-state index contributed by atoms with van der Waals surface area (Å²) in [6.07, 6.45) is 15.1. The monoisotopic (exact) mass is 684 g/mol. The van der Waals surface area contributed by atoms with Crippen molar-refractivity contribution < 1.29 is 0 Å². The van der Waals surface area contributed by atoms with Gasteiger partial charge in [-0.15, -0.1) is 11.8 Å². The van der Waals surface area contributed by atoms with E-state index in [1.807, 2.05) is 0 Å². The Hall–Kier alpha value is -5.37. The average Bonchev–Trinajstić information content (AvgIpc) is 3.59. The van der Waals surface area contributed by atoms with Crippen molar-refractivity contribution >= 4 is 38.9 Å². The van der Waals surface area contributed by atoms with Crippen molar-refractivity contribution in [1.82, 2.24) is 0 Å². The molecule has 0 nitrogen and oxygen atoms in total. The predicted octanol–water partition coefficient (Wildman–Crippen LogP) is 14.5. The molecule has 0 amide bonds. The molecule has 250 valence electrons. The van der Waals surface area contributed by atoms with Crippen molar-refractivity contribution in [3.8, 4) is 44.5 Å². The van der Waals surface area contributed by atoms with E-state index in [-0.39, 0.29) is 0 Å². The van der Waals surface area contributed by atoms with E-state index < -0.39 is 0 Å². The second-order valence-corrected chi connectivity index (χ2v) is 16.0. The molecular formula is C51H40S. The number of rotatable bonds is 5. The molecule has 1 heterocycles. The highest BCUT2D eigenvalue weighted by atomic mass is 32.2. The number of hydrogen-bond acceptors (Lipinski definition) is 1. The Balaban J connectivity index is 1.25. The van der Waals surface area contributed by atoms with E-state index >= 15 is 0 Å². The molecule has 0 N–H and O–H groups in total. The second kappa shape index (κ2) is 13.0. The Morgan fingerprint density at radius 3 is 2.02 bits per heavy atom. The first-order valence-electron chi connectivity index (χ1n) is 18.8. The first-order chi connectivity index (χ1) is 25.7. The van der Waals surface area contributed by atoms with E-state index in [2.05, 4.69) is 189 Å². The van der Waals surface area contributed by atoms with Crippen LogP contribution in [0, 0.1) is 5.92 Å². The highest BCUT2D eigenvalue weighted by Crippen LogP contribution is 2.54. The van der Waals surface area contributed by atoms with Gasteiger partial charge in [-0.2, -0.15) is 0 Å². The van der Waals surface area contributed by atoms with Crippen LogP contribution in [0.2, 0.25) is 0 Å². The normalized spacial score (nSPS) is 19.1. The minimum atomic E-state index is 0.544. The van der Waals surface area contributed by atoms with E-state index in [0.717, 1.165) is 12.8 Å². The lowest BCUT2D eigenvalue weighted by molar-refractivity contribution is 0.635. The number of thioether (sulfide) groups is 1. The Kier molecular flexibility index (Phi) is 7.84. The molecule has 0 saturated carbocycles. The molecule has 0 radical (unpaired) electrons. The second-order valence-electron chi connectivity index (χ2n) is 14.8. The molecule has 3 unspecified atom stereocenters. The van der Waals surface area contributed by atoms with Gasteiger partial charge in [-0.3, -0.25) is 0 Å². The summed E-state index contributed by atoms with van der Waals surface area (Å²) in [7, 11) is 0. The third kappa shape index (κ3) is 5.38. The fraction of sp³-hybridized carbons (Fsp3) is 0.137. The quantitative estimate of drug-likeness (QED) is 0.128. The predicted molar refractivity (Wildman–Crippen MR) is 225 cm³/mol. The van der Waals surface area contributed by atoms with Crippen LogP contribution in [-0.4, -0.2) is 5.25 Å². The molecule has 2 aliphatic carbocycles. The summed E-state index contributed by atoms with van der Waals surface area (Å²) < 4.78 is 0. The van der Waals surface area contributed by atoms with Gasteiger partial charge in [0.15, 0.2) is 0 Å². The number of fused-ring (bicyclic) bond motifs is 5. The van der Waals surface area contributed by atoms with Crippen LogP contribution in [0.5, 0.6) is 0 Å².